The second kappa shape index (κ2) is 4.56. The maximum absolute atomic E-state index is 11.0. The van der Waals surface area contributed by atoms with Crippen LogP contribution in [0.1, 0.15) is 23.0 Å². The summed E-state index contributed by atoms with van der Waals surface area (Å²) in [6.45, 7) is 2.86. The number of pyridine rings is 1. The number of nitrogens with zero attached hydrogens (tertiary/aromatic N) is 1. The predicted molar refractivity (Wildman–Crippen MR) is 69.4 cm³/mol. The summed E-state index contributed by atoms with van der Waals surface area (Å²) < 4.78 is 0. The number of carboxylic acid groups (broad SMARTS) is 1. The van der Waals surface area contributed by atoms with Gasteiger partial charge in [0.2, 0.25) is 5.91 Å². The third kappa shape index (κ3) is 2.33. The van der Waals surface area contributed by atoms with Gasteiger partial charge in [0.05, 0.1) is 5.52 Å². The van der Waals surface area contributed by atoms with Crippen LogP contribution in [0, 0.1) is 6.92 Å². The zero-order chi connectivity index (χ0) is 14.2. The van der Waals surface area contributed by atoms with Crippen molar-refractivity contribution in [3.8, 4) is 5.75 Å². The molecule has 2 aromatic rings. The standard InChI is InChI=1S/C13H12N2O4/c1-6-11(13(18)19)15-10-5-8(14-7(2)16)3-4-9(10)12(6)17/h3-5H,1-2H3,(H,14,16)(H,15,17)(H,18,19). The minimum atomic E-state index is -1.21. The number of carbonyl (C=O) groups is 2. The van der Waals surface area contributed by atoms with E-state index in [2.05, 4.69) is 10.3 Å². The quantitative estimate of drug-likeness (QED) is 0.765. The molecule has 0 bridgehead atoms. The fourth-order valence-electron chi connectivity index (χ4n) is 1.83. The van der Waals surface area contributed by atoms with Gasteiger partial charge in [-0.15, -0.1) is 0 Å². The third-order valence-electron chi connectivity index (χ3n) is 2.72. The van der Waals surface area contributed by atoms with Gasteiger partial charge in [0.1, 0.15) is 5.75 Å². The molecule has 0 aliphatic carbocycles. The Morgan fingerprint density at radius 3 is 2.58 bits per heavy atom. The van der Waals surface area contributed by atoms with Crippen LogP contribution in [0.5, 0.6) is 5.75 Å². The first-order valence-corrected chi connectivity index (χ1v) is 5.54. The SMILES string of the molecule is CC(=O)Nc1ccc2c(O)c(C)c(C(=O)O)nc2c1. The van der Waals surface area contributed by atoms with Crippen molar-refractivity contribution in [3.63, 3.8) is 0 Å². The van der Waals surface area contributed by atoms with Crippen LogP contribution in [0.25, 0.3) is 10.9 Å². The van der Waals surface area contributed by atoms with Crippen molar-refractivity contribution in [2.45, 2.75) is 13.8 Å². The van der Waals surface area contributed by atoms with E-state index < -0.39 is 5.97 Å². The van der Waals surface area contributed by atoms with Crippen LogP contribution < -0.4 is 5.32 Å². The molecule has 0 atom stereocenters. The van der Waals surface area contributed by atoms with Crippen molar-refractivity contribution in [2.75, 3.05) is 5.32 Å². The molecular weight excluding hydrogens is 248 g/mol. The number of aromatic nitrogens is 1. The van der Waals surface area contributed by atoms with Gasteiger partial charge >= 0.3 is 5.97 Å². The fraction of sp³-hybridized carbons (Fsp3) is 0.154. The van der Waals surface area contributed by atoms with Gasteiger partial charge in [0, 0.05) is 23.6 Å². The highest BCUT2D eigenvalue weighted by atomic mass is 16.4. The number of amides is 1. The molecule has 6 heteroatoms. The van der Waals surface area contributed by atoms with Crippen LogP contribution in [0.15, 0.2) is 18.2 Å². The van der Waals surface area contributed by atoms with Gasteiger partial charge in [-0.05, 0) is 25.1 Å². The number of aromatic hydroxyl groups is 1. The maximum atomic E-state index is 11.0. The number of nitrogens with one attached hydrogen (secondary N) is 1. The summed E-state index contributed by atoms with van der Waals surface area (Å²) in [5.41, 5.74) is 0.816. The highest BCUT2D eigenvalue weighted by Gasteiger charge is 2.16. The van der Waals surface area contributed by atoms with Gasteiger partial charge in [-0.1, -0.05) is 0 Å². The number of anilines is 1. The Hall–Kier alpha value is -2.63. The molecule has 0 aliphatic rings. The topological polar surface area (TPSA) is 99.5 Å². The molecule has 19 heavy (non-hydrogen) atoms. The summed E-state index contributed by atoms with van der Waals surface area (Å²) in [5.74, 6) is -1.56. The van der Waals surface area contributed by atoms with Gasteiger partial charge in [0.25, 0.3) is 0 Å². The van der Waals surface area contributed by atoms with Gasteiger partial charge < -0.3 is 15.5 Å². The highest BCUT2D eigenvalue weighted by Crippen LogP contribution is 2.30. The fourth-order valence-corrected chi connectivity index (χ4v) is 1.83. The number of hydrogen-bond acceptors (Lipinski definition) is 4. The van der Waals surface area contributed by atoms with Crippen LogP contribution in [-0.4, -0.2) is 27.1 Å². The largest absolute Gasteiger partial charge is 0.507 e. The first kappa shape index (κ1) is 12.8. The molecule has 6 nitrogen and oxygen atoms in total. The molecular formula is C13H12N2O4. The Balaban J connectivity index is 2.68. The highest BCUT2D eigenvalue weighted by molar-refractivity contribution is 5.97. The molecule has 0 fully saturated rings. The molecule has 0 saturated carbocycles. The number of rotatable bonds is 2. The minimum Gasteiger partial charge on any atom is -0.507 e. The Morgan fingerprint density at radius 1 is 1.32 bits per heavy atom. The number of carboxylic acids is 1. The summed E-state index contributed by atoms with van der Waals surface area (Å²) in [4.78, 5) is 26.0. The molecule has 0 spiro atoms. The van der Waals surface area contributed by atoms with Crippen LogP contribution in [0.4, 0.5) is 5.69 Å². The molecule has 1 aromatic heterocycles. The monoisotopic (exact) mass is 260 g/mol. The molecule has 0 saturated heterocycles. The normalized spacial score (nSPS) is 10.4. The smallest absolute Gasteiger partial charge is 0.354 e. The lowest BCUT2D eigenvalue weighted by Gasteiger charge is -2.09. The van der Waals surface area contributed by atoms with Crippen molar-refractivity contribution in [3.05, 3.63) is 29.5 Å². The molecule has 0 aliphatic heterocycles. The van der Waals surface area contributed by atoms with E-state index in [0.717, 1.165) is 0 Å². The van der Waals surface area contributed by atoms with Gasteiger partial charge in [-0.3, -0.25) is 4.79 Å². The average Bonchev–Trinajstić information content (AvgIpc) is 2.32. The molecule has 1 aromatic carbocycles. The van der Waals surface area contributed by atoms with Crippen LogP contribution in [0.2, 0.25) is 0 Å². The lowest BCUT2D eigenvalue weighted by Crippen LogP contribution is -2.07. The second-order valence-corrected chi connectivity index (χ2v) is 4.15. The summed E-state index contributed by atoms with van der Waals surface area (Å²) in [7, 11) is 0. The zero-order valence-electron chi connectivity index (χ0n) is 10.4. The maximum Gasteiger partial charge on any atom is 0.354 e. The molecule has 1 heterocycles. The number of hydrogen-bond donors (Lipinski definition) is 3. The van der Waals surface area contributed by atoms with E-state index >= 15 is 0 Å². The summed E-state index contributed by atoms with van der Waals surface area (Å²) in [6.07, 6.45) is 0. The Bertz CT molecular complexity index is 695. The van der Waals surface area contributed by atoms with Crippen molar-refractivity contribution in [2.24, 2.45) is 0 Å². The van der Waals surface area contributed by atoms with Gasteiger partial charge in [-0.25, -0.2) is 9.78 Å². The van der Waals surface area contributed by atoms with E-state index in [0.29, 0.717) is 16.6 Å². The van der Waals surface area contributed by atoms with E-state index in [1.807, 2.05) is 0 Å². The molecule has 3 N–H and O–H groups in total. The Morgan fingerprint density at radius 2 is 2.00 bits per heavy atom. The first-order valence-electron chi connectivity index (χ1n) is 5.54. The van der Waals surface area contributed by atoms with Crippen molar-refractivity contribution in [1.82, 2.24) is 4.98 Å². The van der Waals surface area contributed by atoms with Gasteiger partial charge in [0.15, 0.2) is 5.69 Å². The van der Waals surface area contributed by atoms with E-state index in [9.17, 15) is 14.7 Å². The second-order valence-electron chi connectivity index (χ2n) is 4.15. The minimum absolute atomic E-state index is 0.114. The Kier molecular flexibility index (Phi) is 3.08. The van der Waals surface area contributed by atoms with Gasteiger partial charge in [-0.2, -0.15) is 0 Å². The van der Waals surface area contributed by atoms with E-state index in [1.165, 1.54) is 19.9 Å². The summed E-state index contributed by atoms with van der Waals surface area (Å²) in [5, 5.41) is 22.0. The van der Waals surface area contributed by atoms with E-state index in [-0.39, 0.29) is 22.9 Å². The number of fused-ring (bicyclic) bond motifs is 1. The van der Waals surface area contributed by atoms with Crippen molar-refractivity contribution < 1.29 is 19.8 Å². The molecule has 0 unspecified atom stereocenters. The third-order valence-corrected chi connectivity index (χ3v) is 2.72. The lowest BCUT2D eigenvalue weighted by atomic mass is 10.1. The lowest BCUT2D eigenvalue weighted by molar-refractivity contribution is -0.114. The average molecular weight is 260 g/mol. The summed E-state index contributed by atoms with van der Waals surface area (Å²) in [6, 6.07) is 4.72. The predicted octanol–water partition coefficient (Wildman–Crippen LogP) is 1.91. The number of carbonyl (C=O) groups excluding carboxylic acids is 1. The first-order chi connectivity index (χ1) is 8.90. The molecule has 0 radical (unpaired) electrons. The van der Waals surface area contributed by atoms with Crippen LogP contribution >= 0.6 is 0 Å². The molecule has 98 valence electrons. The number of aromatic carboxylic acids is 1. The summed E-state index contributed by atoms with van der Waals surface area (Å²) >= 11 is 0. The van der Waals surface area contributed by atoms with Crippen LogP contribution in [-0.2, 0) is 4.79 Å². The van der Waals surface area contributed by atoms with E-state index in [1.54, 1.807) is 12.1 Å². The van der Waals surface area contributed by atoms with E-state index in [4.69, 9.17) is 5.11 Å². The molecule has 2 rings (SSSR count). The van der Waals surface area contributed by atoms with Crippen molar-refractivity contribution >= 4 is 28.5 Å². The zero-order valence-corrected chi connectivity index (χ0v) is 10.4. The van der Waals surface area contributed by atoms with Crippen molar-refractivity contribution in [1.29, 1.82) is 0 Å². The van der Waals surface area contributed by atoms with Crippen LogP contribution in [0.3, 0.4) is 0 Å². The molecule has 1 amide bonds. The number of benzene rings is 1. The Labute approximate surface area is 108 Å².